The number of hydrogen-bond donors (Lipinski definition) is 0. The fourth-order valence-corrected chi connectivity index (χ4v) is 3.15. The van der Waals surface area contributed by atoms with Gasteiger partial charge in [-0.3, -0.25) is 0 Å². The molecule has 110 valence electrons. The molecular formula is C13H5ClF2N4OS. The molecule has 4 rings (SSSR count). The monoisotopic (exact) mass is 338 g/mol. The number of fused-ring (bicyclic) bond motifs is 1. The lowest BCUT2D eigenvalue weighted by molar-refractivity contribution is 0.509. The van der Waals surface area contributed by atoms with Gasteiger partial charge >= 0.3 is 0 Å². The van der Waals surface area contributed by atoms with Gasteiger partial charge in [-0.15, -0.1) is 10.2 Å². The summed E-state index contributed by atoms with van der Waals surface area (Å²) >= 11 is 7.14. The van der Waals surface area contributed by atoms with Gasteiger partial charge < -0.3 is 4.42 Å². The molecule has 0 atom stereocenters. The van der Waals surface area contributed by atoms with Gasteiger partial charge in [0, 0.05) is 5.56 Å². The molecule has 4 aromatic rings. The fraction of sp³-hybridized carbons (Fsp3) is 0. The molecule has 3 heterocycles. The zero-order valence-corrected chi connectivity index (χ0v) is 12.2. The van der Waals surface area contributed by atoms with Crippen molar-refractivity contribution in [2.24, 2.45) is 0 Å². The van der Waals surface area contributed by atoms with E-state index in [4.69, 9.17) is 16.0 Å². The maximum atomic E-state index is 13.4. The maximum absolute atomic E-state index is 13.4. The molecule has 0 saturated carbocycles. The van der Waals surface area contributed by atoms with E-state index >= 15 is 0 Å². The van der Waals surface area contributed by atoms with E-state index in [1.807, 2.05) is 0 Å². The smallest absolute Gasteiger partial charge is 0.235 e. The molecule has 0 saturated heterocycles. The van der Waals surface area contributed by atoms with Gasteiger partial charge in [0.15, 0.2) is 17.5 Å². The van der Waals surface area contributed by atoms with Crippen LogP contribution < -0.4 is 0 Å². The number of furan rings is 1. The largest absolute Gasteiger partial charge is 0.472 e. The minimum Gasteiger partial charge on any atom is -0.472 e. The summed E-state index contributed by atoms with van der Waals surface area (Å²) in [7, 11) is 0. The molecule has 0 aliphatic carbocycles. The van der Waals surface area contributed by atoms with Crippen LogP contribution in [0.2, 0.25) is 5.02 Å². The zero-order valence-electron chi connectivity index (χ0n) is 10.6. The van der Waals surface area contributed by atoms with Crippen LogP contribution in [0.25, 0.3) is 26.9 Å². The molecule has 5 nitrogen and oxygen atoms in total. The van der Waals surface area contributed by atoms with Gasteiger partial charge in [-0.05, 0) is 18.2 Å². The molecule has 22 heavy (non-hydrogen) atoms. The Balaban J connectivity index is 1.89. The van der Waals surface area contributed by atoms with E-state index in [2.05, 4.69) is 15.3 Å². The minimum absolute atomic E-state index is 0.0775. The summed E-state index contributed by atoms with van der Waals surface area (Å²) in [5.41, 5.74) is 1.01. The van der Waals surface area contributed by atoms with Gasteiger partial charge in [0.05, 0.1) is 16.8 Å². The SMILES string of the molecule is Fc1cc(Cl)c(-c2nn3c(-c4ccoc4)nnc3s2)cc1F. The van der Waals surface area contributed by atoms with Crippen molar-refractivity contribution >= 4 is 27.9 Å². The molecule has 0 aliphatic heterocycles. The topological polar surface area (TPSA) is 56.2 Å². The minimum atomic E-state index is -1.00. The second kappa shape index (κ2) is 4.85. The Morgan fingerprint density at radius 2 is 2.00 bits per heavy atom. The first-order chi connectivity index (χ1) is 10.6. The number of nitrogens with zero attached hydrogens (tertiary/aromatic N) is 4. The lowest BCUT2D eigenvalue weighted by atomic mass is 10.2. The fourth-order valence-electron chi connectivity index (χ4n) is 1.98. The first-order valence-corrected chi connectivity index (χ1v) is 7.22. The molecule has 0 amide bonds. The van der Waals surface area contributed by atoms with E-state index in [1.54, 1.807) is 6.07 Å². The van der Waals surface area contributed by atoms with Crippen LogP contribution in [0.15, 0.2) is 35.1 Å². The molecule has 0 fully saturated rings. The van der Waals surface area contributed by atoms with Gasteiger partial charge in [0.2, 0.25) is 4.96 Å². The number of aromatic nitrogens is 4. The normalized spacial score (nSPS) is 11.4. The molecule has 0 spiro atoms. The third-order valence-corrected chi connectivity index (χ3v) is 4.26. The van der Waals surface area contributed by atoms with Crippen LogP contribution in [0.5, 0.6) is 0 Å². The van der Waals surface area contributed by atoms with Crippen molar-refractivity contribution in [3.05, 3.63) is 47.4 Å². The Morgan fingerprint density at radius 1 is 1.18 bits per heavy atom. The Bertz CT molecular complexity index is 980. The van der Waals surface area contributed by atoms with Gasteiger partial charge in [-0.1, -0.05) is 22.9 Å². The Morgan fingerprint density at radius 3 is 2.77 bits per heavy atom. The van der Waals surface area contributed by atoms with Crippen LogP contribution in [0, 0.1) is 11.6 Å². The number of hydrogen-bond acceptors (Lipinski definition) is 5. The average molecular weight is 339 g/mol. The summed E-state index contributed by atoms with van der Waals surface area (Å²) < 4.78 is 33.1. The predicted molar refractivity (Wildman–Crippen MR) is 76.7 cm³/mol. The highest BCUT2D eigenvalue weighted by Crippen LogP contribution is 2.33. The third kappa shape index (κ3) is 1.99. The van der Waals surface area contributed by atoms with Gasteiger partial charge in [-0.2, -0.15) is 9.61 Å². The summed E-state index contributed by atoms with van der Waals surface area (Å²) in [5, 5.41) is 12.8. The van der Waals surface area contributed by atoms with E-state index in [0.29, 0.717) is 26.9 Å². The van der Waals surface area contributed by atoms with Gasteiger partial charge in [0.1, 0.15) is 11.3 Å². The second-order valence-electron chi connectivity index (χ2n) is 4.38. The van der Waals surface area contributed by atoms with Crippen LogP contribution in [0.4, 0.5) is 8.78 Å². The van der Waals surface area contributed by atoms with Crippen LogP contribution >= 0.6 is 22.9 Å². The van der Waals surface area contributed by atoms with Crippen molar-refractivity contribution < 1.29 is 13.2 Å². The van der Waals surface area contributed by atoms with E-state index < -0.39 is 11.6 Å². The van der Waals surface area contributed by atoms with Crippen molar-refractivity contribution in [3.63, 3.8) is 0 Å². The van der Waals surface area contributed by atoms with Crippen molar-refractivity contribution in [3.8, 4) is 22.0 Å². The molecule has 0 radical (unpaired) electrons. The average Bonchev–Trinajstić information content (AvgIpc) is 3.17. The Kier molecular flexibility index (Phi) is 2.95. The highest BCUT2D eigenvalue weighted by atomic mass is 35.5. The predicted octanol–water partition coefficient (Wildman–Crippen LogP) is 4.04. The van der Waals surface area contributed by atoms with Crippen LogP contribution in [0.1, 0.15) is 0 Å². The van der Waals surface area contributed by atoms with Crippen molar-refractivity contribution in [1.29, 1.82) is 0 Å². The lowest BCUT2D eigenvalue weighted by Crippen LogP contribution is -1.91. The summed E-state index contributed by atoms with van der Waals surface area (Å²) in [6.45, 7) is 0. The molecule has 0 aliphatic rings. The quantitative estimate of drug-likeness (QED) is 0.517. The molecule has 0 bridgehead atoms. The Hall–Kier alpha value is -2.32. The lowest BCUT2D eigenvalue weighted by Gasteiger charge is -2.01. The van der Waals surface area contributed by atoms with Gasteiger partial charge in [0.25, 0.3) is 0 Å². The summed E-state index contributed by atoms with van der Waals surface area (Å²) in [5.74, 6) is -1.50. The summed E-state index contributed by atoms with van der Waals surface area (Å²) in [6, 6.07) is 3.66. The van der Waals surface area contributed by atoms with Crippen LogP contribution in [-0.2, 0) is 0 Å². The van der Waals surface area contributed by atoms with Crippen LogP contribution in [0.3, 0.4) is 0 Å². The molecule has 0 unspecified atom stereocenters. The van der Waals surface area contributed by atoms with E-state index in [1.165, 1.54) is 28.4 Å². The number of halogens is 3. The van der Waals surface area contributed by atoms with Crippen LogP contribution in [-0.4, -0.2) is 19.8 Å². The van der Waals surface area contributed by atoms with Gasteiger partial charge in [-0.25, -0.2) is 8.78 Å². The first-order valence-electron chi connectivity index (χ1n) is 6.03. The Labute approximate surface area is 130 Å². The standard InChI is InChI=1S/C13H5ClF2N4OS/c14-8-4-10(16)9(15)3-7(8)12-19-20-11(6-1-2-21-5-6)17-18-13(20)22-12/h1-5H. The van der Waals surface area contributed by atoms with E-state index in [-0.39, 0.29) is 5.02 Å². The first kappa shape index (κ1) is 13.4. The number of benzene rings is 1. The maximum Gasteiger partial charge on any atom is 0.235 e. The molecule has 3 aromatic heterocycles. The summed E-state index contributed by atoms with van der Waals surface area (Å²) in [6.07, 6.45) is 3.02. The van der Waals surface area contributed by atoms with E-state index in [9.17, 15) is 8.78 Å². The molecule has 9 heteroatoms. The molecular weight excluding hydrogens is 334 g/mol. The number of rotatable bonds is 2. The van der Waals surface area contributed by atoms with Crippen molar-refractivity contribution in [2.75, 3.05) is 0 Å². The summed E-state index contributed by atoms with van der Waals surface area (Å²) in [4.78, 5) is 0.506. The van der Waals surface area contributed by atoms with E-state index in [0.717, 1.165) is 12.1 Å². The highest BCUT2D eigenvalue weighted by molar-refractivity contribution is 7.19. The van der Waals surface area contributed by atoms with Crippen molar-refractivity contribution in [2.45, 2.75) is 0 Å². The highest BCUT2D eigenvalue weighted by Gasteiger charge is 2.18. The molecule has 0 N–H and O–H groups in total. The zero-order chi connectivity index (χ0) is 15.3. The van der Waals surface area contributed by atoms with Crippen molar-refractivity contribution in [1.82, 2.24) is 19.8 Å². The molecule has 1 aromatic carbocycles. The second-order valence-corrected chi connectivity index (χ2v) is 5.75. The third-order valence-electron chi connectivity index (χ3n) is 3.01.